The zero-order valence-corrected chi connectivity index (χ0v) is 14.7. The Balaban J connectivity index is 0.00000132. The van der Waals surface area contributed by atoms with Crippen molar-refractivity contribution in [3.05, 3.63) is 76.9 Å². The van der Waals surface area contributed by atoms with E-state index in [1.165, 1.54) is 39.0 Å². The van der Waals surface area contributed by atoms with E-state index in [1.54, 1.807) is 0 Å². The first kappa shape index (κ1) is 14.7. The first-order valence-electron chi connectivity index (χ1n) is 7.39. The van der Waals surface area contributed by atoms with Crippen molar-refractivity contribution >= 4 is 5.57 Å². The Bertz CT molecular complexity index is 750. The van der Waals surface area contributed by atoms with Crippen LogP contribution in [-0.4, -0.2) is 0 Å². The van der Waals surface area contributed by atoms with Crippen LogP contribution in [-0.2, 0) is 39.0 Å². The quantitative estimate of drug-likeness (QED) is 0.574. The van der Waals surface area contributed by atoms with Crippen molar-refractivity contribution in [2.45, 2.75) is 26.2 Å². The molecule has 0 saturated carbocycles. The Morgan fingerprint density at radius 3 is 2.76 bits per heavy atom. The largest absolute Gasteiger partial charge is 0.143 e. The zero-order valence-electron chi connectivity index (χ0n) is 12.2. The van der Waals surface area contributed by atoms with Gasteiger partial charge in [-0.3, -0.25) is 0 Å². The van der Waals surface area contributed by atoms with Gasteiger partial charge < -0.3 is 0 Å². The smallest absolute Gasteiger partial charge is 0 e. The molecular weight excluding hydrogens is 331 g/mol. The minimum absolute atomic E-state index is 0. The van der Waals surface area contributed by atoms with Crippen LogP contribution < -0.4 is 0 Å². The summed E-state index contributed by atoms with van der Waals surface area (Å²) in [5, 5.41) is 0. The SMILES string of the molecule is CCc1cc2c([c-]c1C1=CC=CC1)Cc1ccccc1-2.[Zr]. The molecule has 0 nitrogen and oxygen atoms in total. The topological polar surface area (TPSA) is 0 Å². The van der Waals surface area contributed by atoms with E-state index in [4.69, 9.17) is 0 Å². The van der Waals surface area contributed by atoms with E-state index < -0.39 is 0 Å². The van der Waals surface area contributed by atoms with E-state index in [0.29, 0.717) is 0 Å². The van der Waals surface area contributed by atoms with Gasteiger partial charge in [0, 0.05) is 26.2 Å². The molecule has 0 radical (unpaired) electrons. The maximum Gasteiger partial charge on any atom is 0 e. The van der Waals surface area contributed by atoms with Crippen molar-refractivity contribution in [2.24, 2.45) is 0 Å². The van der Waals surface area contributed by atoms with Gasteiger partial charge in [0.05, 0.1) is 0 Å². The molecule has 2 aromatic rings. The van der Waals surface area contributed by atoms with Crippen LogP contribution in [0.3, 0.4) is 0 Å². The zero-order chi connectivity index (χ0) is 13.5. The first-order chi connectivity index (χ1) is 9.86. The first-order valence-corrected chi connectivity index (χ1v) is 7.39. The summed E-state index contributed by atoms with van der Waals surface area (Å²) in [6, 6.07) is 14.9. The second-order valence-corrected chi connectivity index (χ2v) is 5.57. The summed E-state index contributed by atoms with van der Waals surface area (Å²) in [6.45, 7) is 2.24. The predicted octanol–water partition coefficient (Wildman–Crippen LogP) is 4.96. The Hall–Kier alpha value is -1.20. The molecule has 0 atom stereocenters. The molecule has 0 unspecified atom stereocenters. The van der Waals surface area contributed by atoms with Crippen molar-refractivity contribution in [1.29, 1.82) is 0 Å². The van der Waals surface area contributed by atoms with E-state index in [0.717, 1.165) is 19.3 Å². The molecule has 2 aliphatic rings. The molecule has 0 aromatic heterocycles. The number of benzene rings is 2. The average molecular weight is 349 g/mol. The minimum Gasteiger partial charge on any atom is -0.143 e. The number of aryl methyl sites for hydroxylation is 1. The van der Waals surface area contributed by atoms with Crippen molar-refractivity contribution in [1.82, 2.24) is 0 Å². The van der Waals surface area contributed by atoms with Gasteiger partial charge in [0.2, 0.25) is 0 Å². The van der Waals surface area contributed by atoms with E-state index in [9.17, 15) is 0 Å². The van der Waals surface area contributed by atoms with Crippen LogP contribution in [0.5, 0.6) is 0 Å². The molecule has 2 aliphatic carbocycles. The summed E-state index contributed by atoms with van der Waals surface area (Å²) in [6.07, 6.45) is 9.77. The Morgan fingerprint density at radius 2 is 2.00 bits per heavy atom. The van der Waals surface area contributed by atoms with Crippen LogP contribution in [0.2, 0.25) is 0 Å². The molecule has 21 heavy (non-hydrogen) atoms. The van der Waals surface area contributed by atoms with Gasteiger partial charge in [-0.2, -0.15) is 0 Å². The van der Waals surface area contributed by atoms with E-state index in [1.807, 2.05) is 0 Å². The molecule has 0 N–H and O–H groups in total. The van der Waals surface area contributed by atoms with Gasteiger partial charge in [0.1, 0.15) is 0 Å². The van der Waals surface area contributed by atoms with Gasteiger partial charge in [-0.05, 0) is 18.4 Å². The molecule has 0 aliphatic heterocycles. The summed E-state index contributed by atoms with van der Waals surface area (Å²) in [7, 11) is 0. The number of rotatable bonds is 2. The summed E-state index contributed by atoms with van der Waals surface area (Å²) in [5.74, 6) is 0. The number of fused-ring (bicyclic) bond motifs is 3. The van der Waals surface area contributed by atoms with Crippen LogP contribution in [0, 0.1) is 6.07 Å². The Kier molecular flexibility index (Phi) is 4.13. The Morgan fingerprint density at radius 1 is 1.14 bits per heavy atom. The van der Waals surface area contributed by atoms with Crippen LogP contribution in [0.4, 0.5) is 0 Å². The van der Waals surface area contributed by atoms with Gasteiger partial charge in [-0.15, -0.1) is 40.5 Å². The molecule has 0 bridgehead atoms. The van der Waals surface area contributed by atoms with Crippen LogP contribution >= 0.6 is 0 Å². The molecule has 4 rings (SSSR count). The average Bonchev–Trinajstić information content (AvgIpc) is 3.13. The molecule has 0 fully saturated rings. The summed E-state index contributed by atoms with van der Waals surface area (Å²) >= 11 is 0. The van der Waals surface area contributed by atoms with Gasteiger partial charge in [0.25, 0.3) is 0 Å². The third kappa shape index (κ3) is 2.42. The van der Waals surface area contributed by atoms with Crippen molar-refractivity contribution in [3.63, 3.8) is 0 Å². The third-order valence-corrected chi connectivity index (χ3v) is 4.39. The molecule has 0 amide bonds. The Labute approximate surface area is 145 Å². The van der Waals surface area contributed by atoms with E-state index >= 15 is 0 Å². The molecule has 102 valence electrons. The fourth-order valence-electron chi connectivity index (χ4n) is 3.34. The molecule has 1 heteroatoms. The summed E-state index contributed by atoms with van der Waals surface area (Å²) < 4.78 is 0. The van der Waals surface area contributed by atoms with E-state index in [2.05, 4.69) is 61.5 Å². The molecule has 2 aromatic carbocycles. The number of hydrogen-bond acceptors (Lipinski definition) is 0. The van der Waals surface area contributed by atoms with Gasteiger partial charge in [-0.1, -0.05) is 60.9 Å². The summed E-state index contributed by atoms with van der Waals surface area (Å²) in [4.78, 5) is 0. The van der Waals surface area contributed by atoms with Crippen LogP contribution in [0.15, 0.2) is 48.6 Å². The number of hydrogen-bond donors (Lipinski definition) is 0. The molecular formula is C20H17Zr-. The summed E-state index contributed by atoms with van der Waals surface area (Å²) in [5.41, 5.74) is 9.79. The van der Waals surface area contributed by atoms with Crippen LogP contribution in [0.1, 0.15) is 35.6 Å². The van der Waals surface area contributed by atoms with Gasteiger partial charge in [-0.25, -0.2) is 0 Å². The molecule has 0 heterocycles. The third-order valence-electron chi connectivity index (χ3n) is 4.39. The fraction of sp³-hybridized carbons (Fsp3) is 0.200. The number of allylic oxidation sites excluding steroid dienone is 4. The van der Waals surface area contributed by atoms with E-state index in [-0.39, 0.29) is 26.2 Å². The fourth-order valence-corrected chi connectivity index (χ4v) is 3.34. The van der Waals surface area contributed by atoms with Crippen LogP contribution in [0.25, 0.3) is 16.7 Å². The van der Waals surface area contributed by atoms with Gasteiger partial charge in [0.15, 0.2) is 0 Å². The monoisotopic (exact) mass is 347 g/mol. The molecule has 0 spiro atoms. The van der Waals surface area contributed by atoms with Gasteiger partial charge >= 0.3 is 0 Å². The van der Waals surface area contributed by atoms with Crippen molar-refractivity contribution in [2.75, 3.05) is 0 Å². The normalized spacial score (nSPS) is 14.4. The second-order valence-electron chi connectivity index (χ2n) is 5.57. The molecule has 0 saturated heterocycles. The second kappa shape index (κ2) is 5.89. The predicted molar refractivity (Wildman–Crippen MR) is 84.6 cm³/mol. The minimum atomic E-state index is 0. The maximum atomic E-state index is 3.72. The van der Waals surface area contributed by atoms with Crippen molar-refractivity contribution in [3.8, 4) is 11.1 Å². The maximum absolute atomic E-state index is 3.72. The van der Waals surface area contributed by atoms with Crippen molar-refractivity contribution < 1.29 is 26.2 Å². The standard InChI is InChI=1S/C20H17.Zr/c1-2-14-12-20-17(11-16-9-5-6-10-18(16)20)13-19(14)15-7-3-4-8-15;/h3-7,9-10,12H,2,8,11H2,1H3;/q-1;.